The fourth-order valence-electron chi connectivity index (χ4n) is 2.88. The molecule has 0 radical (unpaired) electrons. The first-order valence-corrected chi connectivity index (χ1v) is 10.1. The van der Waals surface area contributed by atoms with Gasteiger partial charge in [-0.15, -0.1) is 0 Å². The number of carbonyl (C=O) groups is 2. The van der Waals surface area contributed by atoms with Crippen LogP contribution in [-0.4, -0.2) is 45.2 Å². The Kier molecular flexibility index (Phi) is 6.06. The molecule has 0 atom stereocenters. The van der Waals surface area contributed by atoms with Gasteiger partial charge in [0.1, 0.15) is 0 Å². The number of nitrogens with one attached hydrogen (secondary N) is 1. The molecular weight excluding hydrogens is 388 g/mol. The summed E-state index contributed by atoms with van der Waals surface area (Å²) in [6.45, 7) is 5.06. The summed E-state index contributed by atoms with van der Waals surface area (Å²) < 4.78 is 1.68. The average molecular weight is 409 g/mol. The van der Waals surface area contributed by atoms with Crippen molar-refractivity contribution in [2.75, 3.05) is 18.8 Å². The molecule has 0 saturated carbocycles. The molecule has 1 aromatic heterocycles. The molecule has 2 heterocycles. The Morgan fingerprint density at radius 2 is 2.07 bits per heavy atom. The number of halogens is 1. The average Bonchev–Trinajstić information content (AvgIpc) is 2.93. The Labute approximate surface area is 166 Å². The zero-order valence-corrected chi connectivity index (χ0v) is 16.8. The van der Waals surface area contributed by atoms with Crippen molar-refractivity contribution in [3.05, 3.63) is 33.6 Å². The number of carbonyl (C=O) groups excluding carboxylic acids is 2. The predicted molar refractivity (Wildman–Crippen MR) is 106 cm³/mol. The summed E-state index contributed by atoms with van der Waals surface area (Å²) in [5, 5.41) is 4.15. The quantitative estimate of drug-likeness (QED) is 0.329. The van der Waals surface area contributed by atoms with Crippen molar-refractivity contribution in [2.24, 2.45) is 5.92 Å². The third kappa shape index (κ3) is 4.44. The van der Waals surface area contributed by atoms with Gasteiger partial charge in [-0.3, -0.25) is 19.1 Å². The van der Waals surface area contributed by atoms with Gasteiger partial charge in [-0.05, 0) is 30.5 Å². The fraction of sp³-hybridized carbons (Fsp3) is 0.444. The summed E-state index contributed by atoms with van der Waals surface area (Å²) >= 11 is 7.49. The zero-order valence-electron chi connectivity index (χ0n) is 15.2. The Balaban J connectivity index is 1.78. The minimum Gasteiger partial charge on any atom is -0.329 e. The summed E-state index contributed by atoms with van der Waals surface area (Å²) in [6.07, 6.45) is 0.625. The van der Waals surface area contributed by atoms with E-state index in [0.717, 1.165) is 0 Å². The normalized spacial score (nSPS) is 14.4. The van der Waals surface area contributed by atoms with Gasteiger partial charge in [0.2, 0.25) is 5.91 Å². The van der Waals surface area contributed by atoms with Crippen molar-refractivity contribution in [1.29, 1.82) is 0 Å². The van der Waals surface area contributed by atoms with Gasteiger partial charge in [-0.1, -0.05) is 37.2 Å². The molecule has 1 aromatic carbocycles. The molecule has 0 bridgehead atoms. The number of amides is 3. The Hall–Kier alpha value is -2.06. The number of imide groups is 1. The molecule has 144 valence electrons. The van der Waals surface area contributed by atoms with E-state index in [0.29, 0.717) is 46.3 Å². The second-order valence-corrected chi connectivity index (χ2v) is 8.27. The smallest absolute Gasteiger partial charge is 0.324 e. The van der Waals surface area contributed by atoms with Crippen molar-refractivity contribution < 1.29 is 9.59 Å². The number of hydrogen-bond acceptors (Lipinski definition) is 5. The molecule has 9 heteroatoms. The number of hydrogen-bond donors (Lipinski definition) is 1. The third-order valence-electron chi connectivity index (χ3n) is 4.12. The highest BCUT2D eigenvalue weighted by molar-refractivity contribution is 7.99. The monoisotopic (exact) mass is 408 g/mol. The highest BCUT2D eigenvalue weighted by atomic mass is 35.5. The van der Waals surface area contributed by atoms with Gasteiger partial charge in [0, 0.05) is 23.9 Å². The van der Waals surface area contributed by atoms with Crippen LogP contribution in [0.15, 0.2) is 28.2 Å². The van der Waals surface area contributed by atoms with Crippen LogP contribution in [0.5, 0.6) is 0 Å². The van der Waals surface area contributed by atoms with Gasteiger partial charge >= 0.3 is 6.03 Å². The molecule has 1 aliphatic rings. The first-order valence-electron chi connectivity index (χ1n) is 8.78. The van der Waals surface area contributed by atoms with E-state index in [2.05, 4.69) is 10.3 Å². The topological polar surface area (TPSA) is 84.3 Å². The molecule has 27 heavy (non-hydrogen) atoms. The molecule has 1 aliphatic heterocycles. The van der Waals surface area contributed by atoms with Crippen molar-refractivity contribution in [2.45, 2.75) is 32.0 Å². The minimum atomic E-state index is -0.345. The van der Waals surface area contributed by atoms with E-state index in [1.54, 1.807) is 22.8 Å². The van der Waals surface area contributed by atoms with Gasteiger partial charge in [0.05, 0.1) is 17.4 Å². The number of thioether (sulfide) groups is 1. The molecule has 1 fully saturated rings. The standard InChI is InChI=1S/C18H21ClN4O3S/c1-11(2)10-23-16(25)13-8-12(19)4-5-14(13)21-18(23)27-7-3-6-22-15(24)9-20-17(22)26/h4-5,8,11H,3,6-7,9-10H2,1-2H3,(H,20,26). The number of aromatic nitrogens is 2. The molecule has 3 amide bonds. The van der Waals surface area contributed by atoms with Crippen LogP contribution >= 0.6 is 23.4 Å². The van der Waals surface area contributed by atoms with E-state index < -0.39 is 0 Å². The molecule has 1 saturated heterocycles. The Morgan fingerprint density at radius 3 is 2.74 bits per heavy atom. The molecule has 3 rings (SSSR count). The summed E-state index contributed by atoms with van der Waals surface area (Å²) in [5.41, 5.74) is 0.508. The van der Waals surface area contributed by atoms with Gasteiger partial charge < -0.3 is 5.32 Å². The zero-order chi connectivity index (χ0) is 19.6. The van der Waals surface area contributed by atoms with Crippen LogP contribution in [-0.2, 0) is 11.3 Å². The first-order chi connectivity index (χ1) is 12.9. The number of benzene rings is 1. The lowest BCUT2D eigenvalue weighted by atomic mass is 10.2. The largest absolute Gasteiger partial charge is 0.329 e. The molecule has 2 aromatic rings. The summed E-state index contributed by atoms with van der Waals surface area (Å²) in [6, 6.07) is 4.77. The third-order valence-corrected chi connectivity index (χ3v) is 5.42. The van der Waals surface area contributed by atoms with E-state index in [4.69, 9.17) is 11.6 Å². The lowest BCUT2D eigenvalue weighted by Gasteiger charge is -2.16. The van der Waals surface area contributed by atoms with E-state index in [-0.39, 0.29) is 30.0 Å². The first kappa shape index (κ1) is 19.7. The number of fused-ring (bicyclic) bond motifs is 1. The molecule has 0 unspecified atom stereocenters. The summed E-state index contributed by atoms with van der Waals surface area (Å²) in [4.78, 5) is 41.9. The van der Waals surface area contributed by atoms with Crippen molar-refractivity contribution in [1.82, 2.24) is 19.8 Å². The number of rotatable bonds is 7. The SMILES string of the molecule is CC(C)Cn1c(SCCCN2C(=O)CNC2=O)nc2ccc(Cl)cc2c1=O. The maximum Gasteiger partial charge on any atom is 0.324 e. The van der Waals surface area contributed by atoms with E-state index in [9.17, 15) is 14.4 Å². The summed E-state index contributed by atoms with van der Waals surface area (Å²) in [5.74, 6) is 0.717. The summed E-state index contributed by atoms with van der Waals surface area (Å²) in [7, 11) is 0. The Bertz CT molecular complexity index is 928. The van der Waals surface area contributed by atoms with Crippen LogP contribution in [0.4, 0.5) is 4.79 Å². The van der Waals surface area contributed by atoms with Crippen LogP contribution in [0.1, 0.15) is 20.3 Å². The van der Waals surface area contributed by atoms with Gasteiger partial charge in [0.15, 0.2) is 5.16 Å². The van der Waals surface area contributed by atoms with E-state index in [1.807, 2.05) is 13.8 Å². The van der Waals surface area contributed by atoms with Crippen LogP contribution < -0.4 is 10.9 Å². The maximum absolute atomic E-state index is 12.9. The predicted octanol–water partition coefficient (Wildman–Crippen LogP) is 2.74. The van der Waals surface area contributed by atoms with E-state index in [1.165, 1.54) is 16.7 Å². The Morgan fingerprint density at radius 1 is 1.30 bits per heavy atom. The van der Waals surface area contributed by atoms with Crippen molar-refractivity contribution in [3.63, 3.8) is 0 Å². The maximum atomic E-state index is 12.9. The number of nitrogens with zero attached hydrogens (tertiary/aromatic N) is 3. The molecular formula is C18H21ClN4O3S. The van der Waals surface area contributed by atoms with Crippen molar-refractivity contribution >= 4 is 46.2 Å². The van der Waals surface area contributed by atoms with Crippen LogP contribution in [0.2, 0.25) is 5.02 Å². The minimum absolute atomic E-state index is 0.0642. The van der Waals surface area contributed by atoms with Gasteiger partial charge in [-0.25, -0.2) is 9.78 Å². The lowest BCUT2D eigenvalue weighted by molar-refractivity contribution is -0.124. The second kappa shape index (κ2) is 8.31. The van der Waals surface area contributed by atoms with Crippen LogP contribution in [0.25, 0.3) is 10.9 Å². The lowest BCUT2D eigenvalue weighted by Crippen LogP contribution is -2.32. The molecule has 1 N–H and O–H groups in total. The molecule has 0 spiro atoms. The van der Waals surface area contributed by atoms with Crippen molar-refractivity contribution in [3.8, 4) is 0 Å². The second-order valence-electron chi connectivity index (χ2n) is 6.77. The van der Waals surface area contributed by atoms with E-state index >= 15 is 0 Å². The number of urea groups is 1. The van der Waals surface area contributed by atoms with Crippen LogP contribution in [0, 0.1) is 5.92 Å². The van der Waals surface area contributed by atoms with Gasteiger partial charge in [0.25, 0.3) is 5.56 Å². The van der Waals surface area contributed by atoms with Crippen LogP contribution in [0.3, 0.4) is 0 Å². The molecule has 0 aliphatic carbocycles. The highest BCUT2D eigenvalue weighted by Crippen LogP contribution is 2.22. The molecule has 7 nitrogen and oxygen atoms in total. The fourth-order valence-corrected chi connectivity index (χ4v) is 3.98. The highest BCUT2D eigenvalue weighted by Gasteiger charge is 2.27. The van der Waals surface area contributed by atoms with Gasteiger partial charge in [-0.2, -0.15) is 0 Å².